The third-order valence-corrected chi connectivity index (χ3v) is 2.10. The number of methoxy groups -OCH3 is 1. The predicted molar refractivity (Wildman–Crippen MR) is 41.7 cm³/mol. The first-order valence-corrected chi connectivity index (χ1v) is 3.91. The Labute approximate surface area is 66.2 Å². The molecule has 3 heteroatoms. The number of hydrogen-bond acceptors (Lipinski definition) is 3. The quantitative estimate of drug-likeness (QED) is 0.581. The van der Waals surface area contributed by atoms with E-state index in [4.69, 9.17) is 5.41 Å². The highest BCUT2D eigenvalue weighted by Gasteiger charge is 2.26. The van der Waals surface area contributed by atoms with Crippen LogP contribution >= 0.6 is 0 Å². The molecule has 0 spiro atoms. The highest BCUT2D eigenvalue weighted by atomic mass is 16.5. The van der Waals surface area contributed by atoms with E-state index in [1.807, 2.05) is 0 Å². The summed E-state index contributed by atoms with van der Waals surface area (Å²) in [4.78, 5) is 11.0. The van der Waals surface area contributed by atoms with Crippen molar-refractivity contribution >= 4 is 11.7 Å². The molecule has 0 bridgehead atoms. The summed E-state index contributed by atoms with van der Waals surface area (Å²) in [5.41, 5.74) is 0.545. The van der Waals surface area contributed by atoms with Crippen LogP contribution in [-0.2, 0) is 9.53 Å². The van der Waals surface area contributed by atoms with Crippen LogP contribution in [0.25, 0.3) is 0 Å². The van der Waals surface area contributed by atoms with Crippen LogP contribution in [0.1, 0.15) is 25.7 Å². The Morgan fingerprint density at radius 3 is 2.91 bits per heavy atom. The molecule has 0 aromatic heterocycles. The maximum absolute atomic E-state index is 11.0. The first-order valence-electron chi connectivity index (χ1n) is 3.91. The molecule has 0 aromatic carbocycles. The zero-order chi connectivity index (χ0) is 8.27. The normalized spacial score (nSPS) is 24.8. The van der Waals surface area contributed by atoms with Crippen LogP contribution in [0.3, 0.4) is 0 Å². The largest absolute Gasteiger partial charge is 0.469 e. The highest BCUT2D eigenvalue weighted by molar-refractivity contribution is 6.00. The standard InChI is InChI=1S/C8H13NO2/c1-11-8(10)6-4-2-3-5-7(6)9/h6,9H,2-5H2,1H3. The average Bonchev–Trinajstić information content (AvgIpc) is 2.04. The fourth-order valence-electron chi connectivity index (χ4n) is 1.41. The number of carbonyl (C=O) groups excluding carboxylic acids is 1. The SMILES string of the molecule is COC(=O)C1CCCCC1=N. The fraction of sp³-hybridized carbons (Fsp3) is 0.750. The number of hydrogen-bond donors (Lipinski definition) is 1. The van der Waals surface area contributed by atoms with Gasteiger partial charge in [-0.25, -0.2) is 0 Å². The second kappa shape index (κ2) is 3.51. The van der Waals surface area contributed by atoms with E-state index < -0.39 is 0 Å². The number of rotatable bonds is 1. The van der Waals surface area contributed by atoms with Crippen LogP contribution in [0, 0.1) is 11.3 Å². The summed E-state index contributed by atoms with van der Waals surface area (Å²) in [7, 11) is 1.38. The fourth-order valence-corrected chi connectivity index (χ4v) is 1.41. The molecule has 0 radical (unpaired) electrons. The zero-order valence-electron chi connectivity index (χ0n) is 6.72. The van der Waals surface area contributed by atoms with E-state index in [9.17, 15) is 4.79 Å². The minimum Gasteiger partial charge on any atom is -0.469 e. The maximum atomic E-state index is 11.0. The summed E-state index contributed by atoms with van der Waals surface area (Å²) in [5.74, 6) is -0.483. The van der Waals surface area contributed by atoms with Crippen LogP contribution < -0.4 is 0 Å². The Balaban J connectivity index is 2.54. The van der Waals surface area contributed by atoms with Crippen molar-refractivity contribution in [1.82, 2.24) is 0 Å². The molecule has 3 nitrogen and oxygen atoms in total. The van der Waals surface area contributed by atoms with Crippen molar-refractivity contribution in [3.05, 3.63) is 0 Å². The van der Waals surface area contributed by atoms with E-state index in [1.165, 1.54) is 7.11 Å². The van der Waals surface area contributed by atoms with Gasteiger partial charge in [-0.2, -0.15) is 0 Å². The molecule has 0 aromatic rings. The summed E-state index contributed by atoms with van der Waals surface area (Å²) >= 11 is 0. The first kappa shape index (κ1) is 8.24. The van der Waals surface area contributed by atoms with Crippen molar-refractivity contribution in [2.45, 2.75) is 25.7 Å². The van der Waals surface area contributed by atoms with Crippen molar-refractivity contribution in [3.8, 4) is 0 Å². The molecule has 1 rings (SSSR count). The Morgan fingerprint density at radius 1 is 1.64 bits per heavy atom. The van der Waals surface area contributed by atoms with Crippen molar-refractivity contribution in [2.24, 2.45) is 5.92 Å². The van der Waals surface area contributed by atoms with Crippen LogP contribution in [-0.4, -0.2) is 18.8 Å². The summed E-state index contributed by atoms with van der Waals surface area (Å²) in [6, 6.07) is 0. The Bertz CT molecular complexity index is 169. The van der Waals surface area contributed by atoms with Gasteiger partial charge in [-0.05, 0) is 19.3 Å². The van der Waals surface area contributed by atoms with Crippen LogP contribution in [0.5, 0.6) is 0 Å². The van der Waals surface area contributed by atoms with Gasteiger partial charge in [0.05, 0.1) is 13.0 Å². The van der Waals surface area contributed by atoms with Crippen molar-refractivity contribution in [2.75, 3.05) is 7.11 Å². The van der Waals surface area contributed by atoms with E-state index in [0.29, 0.717) is 5.71 Å². The monoisotopic (exact) mass is 155 g/mol. The summed E-state index contributed by atoms with van der Waals surface area (Å²) in [5, 5.41) is 7.48. The van der Waals surface area contributed by atoms with Crippen molar-refractivity contribution in [3.63, 3.8) is 0 Å². The summed E-state index contributed by atoms with van der Waals surface area (Å²) in [6.45, 7) is 0. The van der Waals surface area contributed by atoms with Gasteiger partial charge < -0.3 is 10.1 Å². The zero-order valence-corrected chi connectivity index (χ0v) is 6.72. The van der Waals surface area contributed by atoms with Gasteiger partial charge in [-0.15, -0.1) is 0 Å². The van der Waals surface area contributed by atoms with Gasteiger partial charge in [0.2, 0.25) is 0 Å². The van der Waals surface area contributed by atoms with Gasteiger partial charge in [0.25, 0.3) is 0 Å². The molecule has 0 aliphatic heterocycles. The van der Waals surface area contributed by atoms with Crippen molar-refractivity contribution < 1.29 is 9.53 Å². The Hall–Kier alpha value is -0.860. The summed E-state index contributed by atoms with van der Waals surface area (Å²) in [6.07, 6.45) is 3.65. The predicted octanol–water partition coefficient (Wildman–Crippen LogP) is 1.37. The molecule has 1 saturated carbocycles. The molecule has 62 valence electrons. The van der Waals surface area contributed by atoms with E-state index in [2.05, 4.69) is 4.74 Å². The molecule has 1 unspecified atom stereocenters. The number of ether oxygens (including phenoxy) is 1. The lowest BCUT2D eigenvalue weighted by molar-refractivity contribution is -0.143. The van der Waals surface area contributed by atoms with E-state index in [-0.39, 0.29) is 11.9 Å². The maximum Gasteiger partial charge on any atom is 0.314 e. The van der Waals surface area contributed by atoms with E-state index in [0.717, 1.165) is 25.7 Å². The van der Waals surface area contributed by atoms with Crippen LogP contribution in [0.2, 0.25) is 0 Å². The molecular formula is C8H13NO2. The van der Waals surface area contributed by atoms with E-state index >= 15 is 0 Å². The molecule has 11 heavy (non-hydrogen) atoms. The molecule has 0 saturated heterocycles. The smallest absolute Gasteiger partial charge is 0.314 e. The second-order valence-corrected chi connectivity index (χ2v) is 2.85. The highest BCUT2D eigenvalue weighted by Crippen LogP contribution is 2.21. The van der Waals surface area contributed by atoms with Crippen LogP contribution in [0.15, 0.2) is 0 Å². The van der Waals surface area contributed by atoms with Gasteiger partial charge >= 0.3 is 5.97 Å². The molecule has 1 aliphatic carbocycles. The lowest BCUT2D eigenvalue weighted by Gasteiger charge is -2.19. The molecule has 1 atom stereocenters. The first-order chi connectivity index (χ1) is 5.25. The van der Waals surface area contributed by atoms with Gasteiger partial charge in [0.1, 0.15) is 0 Å². The van der Waals surface area contributed by atoms with Gasteiger partial charge in [-0.1, -0.05) is 6.42 Å². The lowest BCUT2D eigenvalue weighted by atomic mass is 9.87. The van der Waals surface area contributed by atoms with Gasteiger partial charge in [0.15, 0.2) is 0 Å². The third kappa shape index (κ3) is 1.79. The minimum absolute atomic E-state index is 0.241. The average molecular weight is 155 g/mol. The number of nitrogens with one attached hydrogen (secondary N) is 1. The topological polar surface area (TPSA) is 50.2 Å². The minimum atomic E-state index is -0.242. The third-order valence-electron chi connectivity index (χ3n) is 2.10. The molecule has 1 fully saturated rings. The van der Waals surface area contributed by atoms with Gasteiger partial charge in [-0.3, -0.25) is 4.79 Å². The molecule has 0 heterocycles. The lowest BCUT2D eigenvalue weighted by Crippen LogP contribution is -2.27. The Morgan fingerprint density at radius 2 is 2.36 bits per heavy atom. The number of esters is 1. The molecule has 1 aliphatic rings. The van der Waals surface area contributed by atoms with Gasteiger partial charge in [0, 0.05) is 5.71 Å². The molecule has 0 amide bonds. The van der Waals surface area contributed by atoms with E-state index in [1.54, 1.807) is 0 Å². The van der Waals surface area contributed by atoms with Crippen molar-refractivity contribution in [1.29, 1.82) is 5.41 Å². The Kier molecular flexibility index (Phi) is 2.63. The molecule has 1 N–H and O–H groups in total. The molecular weight excluding hydrogens is 142 g/mol. The second-order valence-electron chi connectivity index (χ2n) is 2.85. The number of carbonyl (C=O) groups is 1. The summed E-state index contributed by atoms with van der Waals surface area (Å²) < 4.78 is 4.58. The van der Waals surface area contributed by atoms with Crippen LogP contribution in [0.4, 0.5) is 0 Å².